The number of halogens is 1. The van der Waals surface area contributed by atoms with Crippen LogP contribution in [0, 0.1) is 5.92 Å². The Hall–Kier alpha value is -2.67. The molecule has 7 heteroatoms. The molecule has 29 heavy (non-hydrogen) atoms. The zero-order valence-corrected chi connectivity index (χ0v) is 17.9. The monoisotopic (exact) mass is 454 g/mol. The van der Waals surface area contributed by atoms with Crippen LogP contribution >= 0.6 is 15.9 Å². The highest BCUT2D eigenvalue weighted by atomic mass is 79.9. The fraction of sp³-hybridized carbons (Fsp3) is 0.318. The molecule has 2 heterocycles. The Morgan fingerprint density at radius 2 is 2.07 bits per heavy atom. The summed E-state index contributed by atoms with van der Waals surface area (Å²) in [6.45, 7) is 1.73. The first-order valence-electron chi connectivity index (χ1n) is 9.76. The Morgan fingerprint density at radius 1 is 1.24 bits per heavy atom. The third kappa shape index (κ3) is 4.19. The molecule has 0 spiro atoms. The number of carbonyl (C=O) groups excluding carboxylic acids is 1. The summed E-state index contributed by atoms with van der Waals surface area (Å²) in [5, 5.41) is 3.03. The van der Waals surface area contributed by atoms with Crippen LogP contribution in [0.15, 0.2) is 57.8 Å². The lowest BCUT2D eigenvalue weighted by Crippen LogP contribution is -2.45. The van der Waals surface area contributed by atoms with Crippen LogP contribution in [0.5, 0.6) is 0 Å². The number of benzene rings is 2. The predicted molar refractivity (Wildman–Crippen MR) is 118 cm³/mol. The summed E-state index contributed by atoms with van der Waals surface area (Å²) in [4.78, 5) is 32.2. The molecule has 4 rings (SSSR count). The molecular formula is C22H23BrN4O2. The molecule has 0 bridgehead atoms. The Balaban J connectivity index is 1.50. The summed E-state index contributed by atoms with van der Waals surface area (Å²) >= 11 is 3.45. The number of hydrogen-bond donors (Lipinski definition) is 1. The summed E-state index contributed by atoms with van der Waals surface area (Å²) in [5.41, 5.74) is 2.51. The number of nitrogens with zero attached hydrogens (tertiary/aromatic N) is 3. The van der Waals surface area contributed by atoms with Gasteiger partial charge in [0.05, 0.1) is 17.0 Å². The van der Waals surface area contributed by atoms with Crippen LogP contribution in [0.25, 0.3) is 11.0 Å². The number of piperidine rings is 1. The highest BCUT2D eigenvalue weighted by Crippen LogP contribution is 2.22. The Bertz CT molecular complexity index is 1110. The molecule has 1 aliphatic heterocycles. The largest absolute Gasteiger partial charge is 0.352 e. The van der Waals surface area contributed by atoms with Crippen molar-refractivity contribution in [3.05, 3.63) is 68.9 Å². The average molecular weight is 455 g/mol. The van der Waals surface area contributed by atoms with Crippen molar-refractivity contribution in [1.29, 1.82) is 0 Å². The average Bonchev–Trinajstić information content (AvgIpc) is 2.75. The molecular weight excluding hydrogens is 432 g/mol. The van der Waals surface area contributed by atoms with Crippen molar-refractivity contribution in [2.45, 2.75) is 19.4 Å². The van der Waals surface area contributed by atoms with Gasteiger partial charge in [-0.15, -0.1) is 0 Å². The molecule has 6 nitrogen and oxygen atoms in total. The molecule has 1 fully saturated rings. The van der Waals surface area contributed by atoms with E-state index in [2.05, 4.69) is 26.2 Å². The van der Waals surface area contributed by atoms with Gasteiger partial charge in [0.25, 0.3) is 5.56 Å². The van der Waals surface area contributed by atoms with Crippen molar-refractivity contribution in [1.82, 2.24) is 14.9 Å². The van der Waals surface area contributed by atoms with Crippen molar-refractivity contribution in [2.24, 2.45) is 13.0 Å². The van der Waals surface area contributed by atoms with Crippen molar-refractivity contribution in [2.75, 3.05) is 18.0 Å². The van der Waals surface area contributed by atoms with E-state index >= 15 is 0 Å². The number of rotatable bonds is 4. The number of carbonyl (C=O) groups is 1. The summed E-state index contributed by atoms with van der Waals surface area (Å²) in [6, 6.07) is 15.5. The first-order chi connectivity index (χ1) is 14.0. The normalized spacial score (nSPS) is 16.8. The number of anilines is 1. The Labute approximate surface area is 177 Å². The number of fused-ring (bicyclic) bond motifs is 1. The standard InChI is InChI=1S/C22H23BrN4O2/c1-26-19-10-3-2-9-18(19)25-20(22(26)29)27-11-5-7-16(14-27)21(28)24-13-15-6-4-8-17(23)12-15/h2-4,6,8-10,12,16H,5,7,11,13-14H2,1H3,(H,24,28)/t16-/m0/s1. The summed E-state index contributed by atoms with van der Waals surface area (Å²) in [5.74, 6) is 0.289. The molecule has 1 atom stereocenters. The number of aromatic nitrogens is 2. The van der Waals surface area contributed by atoms with Crippen LogP contribution in [0.4, 0.5) is 5.82 Å². The predicted octanol–water partition coefficient (Wildman–Crippen LogP) is 3.23. The molecule has 3 aromatic rings. The Morgan fingerprint density at radius 3 is 2.90 bits per heavy atom. The molecule has 0 unspecified atom stereocenters. The van der Waals surface area contributed by atoms with Crippen molar-refractivity contribution in [3.63, 3.8) is 0 Å². The van der Waals surface area contributed by atoms with E-state index in [1.54, 1.807) is 11.6 Å². The van der Waals surface area contributed by atoms with Gasteiger partial charge >= 0.3 is 0 Å². The van der Waals surface area contributed by atoms with E-state index in [1.807, 2.05) is 53.4 Å². The summed E-state index contributed by atoms with van der Waals surface area (Å²) < 4.78 is 2.63. The number of para-hydroxylation sites is 2. The van der Waals surface area contributed by atoms with E-state index < -0.39 is 0 Å². The molecule has 150 valence electrons. The molecule has 0 aliphatic carbocycles. The maximum atomic E-state index is 12.9. The topological polar surface area (TPSA) is 67.2 Å². The second kappa shape index (κ2) is 8.37. The van der Waals surface area contributed by atoms with E-state index in [0.29, 0.717) is 18.9 Å². The van der Waals surface area contributed by atoms with Crippen LogP contribution in [0.3, 0.4) is 0 Å². The van der Waals surface area contributed by atoms with Crippen LogP contribution in [-0.4, -0.2) is 28.5 Å². The molecule has 2 aromatic carbocycles. The van der Waals surface area contributed by atoms with Gasteiger partial charge < -0.3 is 14.8 Å². The quantitative estimate of drug-likeness (QED) is 0.656. The van der Waals surface area contributed by atoms with Crippen molar-refractivity contribution >= 4 is 38.7 Å². The molecule has 1 aliphatic rings. The van der Waals surface area contributed by atoms with Crippen LogP contribution in [0.2, 0.25) is 0 Å². The summed E-state index contributed by atoms with van der Waals surface area (Å²) in [6.07, 6.45) is 1.67. The fourth-order valence-corrected chi connectivity index (χ4v) is 4.28. The lowest BCUT2D eigenvalue weighted by atomic mass is 9.97. The third-order valence-electron chi connectivity index (χ3n) is 5.41. The molecule has 1 aromatic heterocycles. The van der Waals surface area contributed by atoms with Gasteiger partial charge in [0, 0.05) is 31.2 Å². The highest BCUT2D eigenvalue weighted by molar-refractivity contribution is 9.10. The fourth-order valence-electron chi connectivity index (χ4n) is 3.83. The van der Waals surface area contributed by atoms with Crippen molar-refractivity contribution in [3.8, 4) is 0 Å². The van der Waals surface area contributed by atoms with E-state index in [1.165, 1.54) is 0 Å². The summed E-state index contributed by atoms with van der Waals surface area (Å²) in [7, 11) is 1.77. The number of amides is 1. The second-order valence-corrected chi connectivity index (χ2v) is 8.34. The van der Waals surface area contributed by atoms with E-state index in [9.17, 15) is 9.59 Å². The van der Waals surface area contributed by atoms with Gasteiger partial charge in [0.1, 0.15) is 0 Å². The van der Waals surface area contributed by atoms with Crippen LogP contribution in [-0.2, 0) is 18.4 Å². The van der Waals surface area contributed by atoms with Gasteiger partial charge in [-0.1, -0.05) is 40.2 Å². The third-order valence-corrected chi connectivity index (χ3v) is 5.91. The minimum absolute atomic E-state index is 0.0206. The minimum atomic E-state index is -0.158. The van der Waals surface area contributed by atoms with Gasteiger partial charge in [0.2, 0.25) is 5.91 Å². The van der Waals surface area contributed by atoms with Crippen molar-refractivity contribution < 1.29 is 4.79 Å². The first kappa shape index (κ1) is 19.6. The molecule has 1 saturated heterocycles. The highest BCUT2D eigenvalue weighted by Gasteiger charge is 2.28. The number of aryl methyl sites for hydroxylation is 1. The van der Waals surface area contributed by atoms with Gasteiger partial charge in [-0.25, -0.2) is 4.98 Å². The van der Waals surface area contributed by atoms with E-state index in [-0.39, 0.29) is 17.4 Å². The first-order valence-corrected chi connectivity index (χ1v) is 10.5. The molecule has 1 amide bonds. The zero-order valence-electron chi connectivity index (χ0n) is 16.3. The maximum Gasteiger partial charge on any atom is 0.293 e. The second-order valence-electron chi connectivity index (χ2n) is 7.42. The Kier molecular flexibility index (Phi) is 5.67. The van der Waals surface area contributed by atoms with Gasteiger partial charge in [-0.3, -0.25) is 9.59 Å². The SMILES string of the molecule is Cn1c(=O)c(N2CCC[C@H](C(=O)NCc3cccc(Br)c3)C2)nc2ccccc21. The van der Waals surface area contributed by atoms with E-state index in [0.717, 1.165) is 40.5 Å². The van der Waals surface area contributed by atoms with Gasteiger partial charge in [-0.2, -0.15) is 0 Å². The smallest absolute Gasteiger partial charge is 0.293 e. The lowest BCUT2D eigenvalue weighted by Gasteiger charge is -2.32. The molecule has 0 saturated carbocycles. The maximum absolute atomic E-state index is 12.9. The lowest BCUT2D eigenvalue weighted by molar-refractivity contribution is -0.125. The van der Waals surface area contributed by atoms with Crippen LogP contribution < -0.4 is 15.8 Å². The molecule has 1 N–H and O–H groups in total. The van der Waals surface area contributed by atoms with Crippen LogP contribution in [0.1, 0.15) is 18.4 Å². The molecule has 0 radical (unpaired) electrons. The van der Waals surface area contributed by atoms with E-state index in [4.69, 9.17) is 0 Å². The van der Waals surface area contributed by atoms with Gasteiger partial charge in [-0.05, 0) is 42.7 Å². The minimum Gasteiger partial charge on any atom is -0.352 e. The number of hydrogen-bond acceptors (Lipinski definition) is 4. The number of nitrogens with one attached hydrogen (secondary N) is 1. The van der Waals surface area contributed by atoms with Gasteiger partial charge in [0.15, 0.2) is 5.82 Å². The zero-order chi connectivity index (χ0) is 20.4.